The first-order valence-electron chi connectivity index (χ1n) is 5.95. The number of benzene rings is 1. The molecule has 0 atom stereocenters. The van der Waals surface area contributed by atoms with E-state index in [9.17, 15) is 9.90 Å². The Labute approximate surface area is 102 Å². The van der Waals surface area contributed by atoms with Crippen LogP contribution in [-0.4, -0.2) is 11.1 Å². The Bertz CT molecular complexity index is 428. The van der Waals surface area contributed by atoms with Gasteiger partial charge in [0.2, 0.25) is 0 Å². The molecule has 0 amide bonds. The number of aromatic carboxylic acids is 1. The van der Waals surface area contributed by atoms with Crippen LogP contribution < -0.4 is 11.5 Å². The molecule has 94 valence electrons. The van der Waals surface area contributed by atoms with Crippen LogP contribution in [0.25, 0.3) is 0 Å². The Balaban J connectivity index is 3.39. The van der Waals surface area contributed by atoms with E-state index in [0.717, 1.165) is 24.8 Å². The van der Waals surface area contributed by atoms with Crippen LogP contribution in [0.4, 0.5) is 11.4 Å². The molecule has 0 saturated carbocycles. The zero-order valence-electron chi connectivity index (χ0n) is 10.4. The molecular formula is C13H20N2O2. The molecule has 4 nitrogen and oxygen atoms in total. The third-order valence-corrected chi connectivity index (χ3v) is 2.85. The predicted octanol–water partition coefficient (Wildman–Crippen LogP) is 2.45. The number of rotatable bonds is 5. The third-order valence-electron chi connectivity index (χ3n) is 2.85. The van der Waals surface area contributed by atoms with Gasteiger partial charge in [0.25, 0.3) is 0 Å². The summed E-state index contributed by atoms with van der Waals surface area (Å²) in [4.78, 5) is 11.2. The zero-order valence-corrected chi connectivity index (χ0v) is 10.4. The summed E-state index contributed by atoms with van der Waals surface area (Å²) in [6.07, 6.45) is 3.15. The van der Waals surface area contributed by atoms with Crippen LogP contribution >= 0.6 is 0 Å². The van der Waals surface area contributed by atoms with Gasteiger partial charge in [-0.25, -0.2) is 4.79 Å². The lowest BCUT2D eigenvalue weighted by Gasteiger charge is -2.15. The fraction of sp³-hybridized carbons (Fsp3) is 0.462. The third kappa shape index (κ3) is 2.70. The van der Waals surface area contributed by atoms with Gasteiger partial charge in [0.15, 0.2) is 0 Å². The van der Waals surface area contributed by atoms with Gasteiger partial charge >= 0.3 is 5.97 Å². The van der Waals surface area contributed by atoms with E-state index >= 15 is 0 Å². The Morgan fingerprint density at radius 3 is 2.24 bits per heavy atom. The minimum atomic E-state index is -0.933. The first-order chi connectivity index (χ1) is 8.02. The second-order valence-corrected chi connectivity index (χ2v) is 4.19. The average Bonchev–Trinajstić information content (AvgIpc) is 2.28. The Hall–Kier alpha value is -1.71. The molecule has 1 rings (SSSR count). The molecule has 0 fully saturated rings. The van der Waals surface area contributed by atoms with Crippen molar-refractivity contribution in [2.24, 2.45) is 0 Å². The largest absolute Gasteiger partial charge is 0.478 e. The van der Waals surface area contributed by atoms with Gasteiger partial charge < -0.3 is 16.6 Å². The van der Waals surface area contributed by atoms with Crippen molar-refractivity contribution in [1.29, 1.82) is 0 Å². The highest BCUT2D eigenvalue weighted by Crippen LogP contribution is 2.30. The van der Waals surface area contributed by atoms with E-state index in [2.05, 4.69) is 0 Å². The smallest absolute Gasteiger partial charge is 0.336 e. The summed E-state index contributed by atoms with van der Waals surface area (Å²) in [5.74, 6) is -0.933. The Morgan fingerprint density at radius 1 is 1.18 bits per heavy atom. The van der Waals surface area contributed by atoms with E-state index in [-0.39, 0.29) is 0 Å². The lowest BCUT2D eigenvalue weighted by Crippen LogP contribution is -2.11. The van der Waals surface area contributed by atoms with Gasteiger partial charge in [-0.1, -0.05) is 26.7 Å². The fourth-order valence-corrected chi connectivity index (χ4v) is 2.01. The van der Waals surface area contributed by atoms with Crippen molar-refractivity contribution in [2.45, 2.75) is 39.5 Å². The second kappa shape index (κ2) is 5.57. The molecule has 1 aromatic carbocycles. The monoisotopic (exact) mass is 236 g/mol. The molecule has 0 aliphatic carbocycles. The number of nitrogens with two attached hydrogens (primary N) is 2. The van der Waals surface area contributed by atoms with Crippen molar-refractivity contribution < 1.29 is 9.90 Å². The maximum Gasteiger partial charge on any atom is 0.336 e. The molecular weight excluding hydrogens is 216 g/mol. The number of nitrogen functional groups attached to an aromatic ring is 2. The van der Waals surface area contributed by atoms with Gasteiger partial charge in [-0.3, -0.25) is 0 Å². The van der Waals surface area contributed by atoms with Crippen molar-refractivity contribution in [3.05, 3.63) is 22.8 Å². The quantitative estimate of drug-likeness (QED) is 0.685. The molecule has 0 radical (unpaired) electrons. The van der Waals surface area contributed by atoms with Crippen LogP contribution in [0.2, 0.25) is 0 Å². The van der Waals surface area contributed by atoms with Crippen molar-refractivity contribution >= 4 is 17.3 Å². The molecule has 0 heterocycles. The topological polar surface area (TPSA) is 89.3 Å². The minimum Gasteiger partial charge on any atom is -0.478 e. The maximum absolute atomic E-state index is 11.2. The normalized spacial score (nSPS) is 10.5. The van der Waals surface area contributed by atoms with Gasteiger partial charge in [-0.2, -0.15) is 0 Å². The van der Waals surface area contributed by atoms with E-state index in [1.807, 2.05) is 13.8 Å². The SMILES string of the molecule is CCCc1cc(C(=O)O)c(CCC)c(N)c1N. The standard InChI is InChI=1S/C13H20N2O2/c1-3-5-8-7-10(13(16)17)9(6-4-2)12(15)11(8)14/h7H,3-6,14-15H2,1-2H3,(H,16,17). The predicted molar refractivity (Wildman–Crippen MR) is 70.2 cm³/mol. The first kappa shape index (κ1) is 13.4. The zero-order chi connectivity index (χ0) is 13.0. The van der Waals surface area contributed by atoms with Crippen molar-refractivity contribution in [2.75, 3.05) is 11.5 Å². The van der Waals surface area contributed by atoms with Gasteiger partial charge in [0, 0.05) is 0 Å². The summed E-state index contributed by atoms with van der Waals surface area (Å²) in [5.41, 5.74) is 14.7. The van der Waals surface area contributed by atoms with Gasteiger partial charge in [-0.15, -0.1) is 0 Å². The highest BCUT2D eigenvalue weighted by molar-refractivity contribution is 5.94. The van der Waals surface area contributed by atoms with E-state index in [1.165, 1.54) is 0 Å². The molecule has 0 aliphatic heterocycles. The van der Waals surface area contributed by atoms with Crippen molar-refractivity contribution in [3.8, 4) is 0 Å². The van der Waals surface area contributed by atoms with Crippen LogP contribution in [0.3, 0.4) is 0 Å². The highest BCUT2D eigenvalue weighted by atomic mass is 16.4. The number of hydrogen-bond donors (Lipinski definition) is 3. The van der Waals surface area contributed by atoms with E-state index in [0.29, 0.717) is 28.9 Å². The summed E-state index contributed by atoms with van der Waals surface area (Å²) >= 11 is 0. The lowest BCUT2D eigenvalue weighted by atomic mass is 9.94. The molecule has 0 bridgehead atoms. The van der Waals surface area contributed by atoms with Crippen LogP contribution in [-0.2, 0) is 12.8 Å². The number of carboxylic acid groups (broad SMARTS) is 1. The summed E-state index contributed by atoms with van der Waals surface area (Å²) in [5, 5.41) is 9.20. The van der Waals surface area contributed by atoms with Gasteiger partial charge in [0.05, 0.1) is 16.9 Å². The number of hydrogen-bond acceptors (Lipinski definition) is 3. The summed E-state index contributed by atoms with van der Waals surface area (Å²) in [7, 11) is 0. The highest BCUT2D eigenvalue weighted by Gasteiger charge is 2.17. The first-order valence-corrected chi connectivity index (χ1v) is 5.95. The summed E-state index contributed by atoms with van der Waals surface area (Å²) < 4.78 is 0. The Morgan fingerprint density at radius 2 is 1.76 bits per heavy atom. The van der Waals surface area contributed by atoms with E-state index in [4.69, 9.17) is 11.5 Å². The molecule has 0 aliphatic rings. The average molecular weight is 236 g/mol. The molecule has 0 unspecified atom stereocenters. The number of anilines is 2. The molecule has 4 heteroatoms. The summed E-state index contributed by atoms with van der Waals surface area (Å²) in [6, 6.07) is 1.67. The second-order valence-electron chi connectivity index (χ2n) is 4.19. The molecule has 0 aromatic heterocycles. The molecule has 1 aromatic rings. The summed E-state index contributed by atoms with van der Waals surface area (Å²) in [6.45, 7) is 4.01. The van der Waals surface area contributed by atoms with Gasteiger partial charge in [-0.05, 0) is 30.0 Å². The van der Waals surface area contributed by atoms with Crippen molar-refractivity contribution in [1.82, 2.24) is 0 Å². The fourth-order valence-electron chi connectivity index (χ4n) is 2.01. The van der Waals surface area contributed by atoms with Crippen LogP contribution in [0.1, 0.15) is 48.2 Å². The van der Waals surface area contributed by atoms with Crippen molar-refractivity contribution in [3.63, 3.8) is 0 Å². The van der Waals surface area contributed by atoms with Crippen LogP contribution in [0.15, 0.2) is 6.07 Å². The number of aryl methyl sites for hydroxylation is 1. The molecule has 17 heavy (non-hydrogen) atoms. The molecule has 0 saturated heterocycles. The van der Waals surface area contributed by atoms with Crippen LogP contribution in [0, 0.1) is 0 Å². The van der Waals surface area contributed by atoms with E-state index in [1.54, 1.807) is 6.07 Å². The number of carbonyl (C=O) groups is 1. The Kier molecular flexibility index (Phi) is 4.37. The van der Waals surface area contributed by atoms with E-state index < -0.39 is 5.97 Å². The van der Waals surface area contributed by atoms with Crippen LogP contribution in [0.5, 0.6) is 0 Å². The number of carboxylic acids is 1. The minimum absolute atomic E-state index is 0.294. The molecule has 5 N–H and O–H groups in total. The maximum atomic E-state index is 11.2. The lowest BCUT2D eigenvalue weighted by molar-refractivity contribution is 0.0695. The molecule has 0 spiro atoms. The van der Waals surface area contributed by atoms with Gasteiger partial charge in [0.1, 0.15) is 0 Å².